The van der Waals surface area contributed by atoms with Crippen LogP contribution in [0.3, 0.4) is 0 Å². The first-order valence-corrected chi connectivity index (χ1v) is 9.97. The van der Waals surface area contributed by atoms with Crippen molar-refractivity contribution in [2.24, 2.45) is 0 Å². The lowest BCUT2D eigenvalue weighted by atomic mass is 10.1. The summed E-state index contributed by atoms with van der Waals surface area (Å²) >= 11 is 6.19. The zero-order valence-electron chi connectivity index (χ0n) is 14.4. The number of hydrogen-bond acceptors (Lipinski definition) is 3. The Hall–Kier alpha value is -2.83. The van der Waals surface area contributed by atoms with Gasteiger partial charge < -0.3 is 5.32 Å². The molecular formula is C20H17ClN2O3S. The lowest BCUT2D eigenvalue weighted by Crippen LogP contribution is -2.15. The Balaban J connectivity index is 1.80. The molecule has 5 nitrogen and oxygen atoms in total. The number of sulfonamides is 1. The van der Waals surface area contributed by atoms with Crippen molar-refractivity contribution in [1.82, 2.24) is 0 Å². The van der Waals surface area contributed by atoms with Crippen molar-refractivity contribution in [3.63, 3.8) is 0 Å². The van der Waals surface area contributed by atoms with Gasteiger partial charge in [-0.1, -0.05) is 48.0 Å². The van der Waals surface area contributed by atoms with E-state index in [9.17, 15) is 13.2 Å². The summed E-state index contributed by atoms with van der Waals surface area (Å²) in [5.74, 6) is -0.330. The second kappa shape index (κ2) is 7.82. The number of rotatable bonds is 5. The van der Waals surface area contributed by atoms with Gasteiger partial charge in [0.05, 0.1) is 15.6 Å². The summed E-state index contributed by atoms with van der Waals surface area (Å²) in [6, 6.07) is 19.8. The average Bonchev–Trinajstić information content (AvgIpc) is 2.66. The number of hydrogen-bond donors (Lipinski definition) is 2. The molecule has 0 spiro atoms. The van der Waals surface area contributed by atoms with Crippen molar-refractivity contribution >= 4 is 38.9 Å². The van der Waals surface area contributed by atoms with Gasteiger partial charge in [-0.3, -0.25) is 9.52 Å². The Morgan fingerprint density at radius 2 is 1.56 bits per heavy atom. The third-order valence-corrected chi connectivity index (χ3v) is 5.62. The molecule has 0 aliphatic heterocycles. The van der Waals surface area contributed by atoms with E-state index < -0.39 is 10.0 Å². The summed E-state index contributed by atoms with van der Waals surface area (Å²) in [5.41, 5.74) is 2.16. The van der Waals surface area contributed by atoms with E-state index in [1.165, 1.54) is 30.3 Å². The van der Waals surface area contributed by atoms with Gasteiger partial charge in [0.2, 0.25) is 0 Å². The lowest BCUT2D eigenvalue weighted by Gasteiger charge is -2.12. The van der Waals surface area contributed by atoms with Gasteiger partial charge in [0, 0.05) is 11.3 Å². The smallest absolute Gasteiger partial charge is 0.261 e. The zero-order chi connectivity index (χ0) is 19.4. The Kier molecular flexibility index (Phi) is 5.48. The van der Waals surface area contributed by atoms with Crippen LogP contribution in [-0.2, 0) is 10.0 Å². The molecule has 0 fully saturated rings. The molecule has 7 heteroatoms. The molecular weight excluding hydrogens is 384 g/mol. The SMILES string of the molecule is Cc1ccccc1NC(=O)c1ccc(NS(=O)(=O)c2ccccc2)c(Cl)c1. The second-order valence-electron chi connectivity index (χ2n) is 5.88. The Morgan fingerprint density at radius 3 is 2.22 bits per heavy atom. The fourth-order valence-corrected chi connectivity index (χ4v) is 3.83. The largest absolute Gasteiger partial charge is 0.322 e. The second-order valence-corrected chi connectivity index (χ2v) is 7.97. The van der Waals surface area contributed by atoms with E-state index in [1.54, 1.807) is 24.3 Å². The molecule has 0 heterocycles. The third-order valence-electron chi connectivity index (χ3n) is 3.92. The number of nitrogens with one attached hydrogen (secondary N) is 2. The monoisotopic (exact) mass is 400 g/mol. The molecule has 1 amide bonds. The van der Waals surface area contributed by atoms with Gasteiger partial charge in [-0.25, -0.2) is 8.42 Å². The van der Waals surface area contributed by atoms with E-state index in [-0.39, 0.29) is 21.5 Å². The molecule has 3 aromatic carbocycles. The fraction of sp³-hybridized carbons (Fsp3) is 0.0500. The highest BCUT2D eigenvalue weighted by Crippen LogP contribution is 2.26. The van der Waals surface area contributed by atoms with Crippen LogP contribution in [0.2, 0.25) is 5.02 Å². The van der Waals surface area contributed by atoms with Gasteiger partial charge >= 0.3 is 0 Å². The van der Waals surface area contributed by atoms with Crippen LogP contribution in [0.5, 0.6) is 0 Å². The quantitative estimate of drug-likeness (QED) is 0.651. The van der Waals surface area contributed by atoms with Crippen LogP contribution in [0.1, 0.15) is 15.9 Å². The summed E-state index contributed by atoms with van der Waals surface area (Å²) < 4.78 is 27.2. The van der Waals surface area contributed by atoms with Crippen LogP contribution < -0.4 is 10.0 Å². The minimum Gasteiger partial charge on any atom is -0.322 e. The highest BCUT2D eigenvalue weighted by Gasteiger charge is 2.16. The Labute approximate surface area is 163 Å². The van der Waals surface area contributed by atoms with Gasteiger partial charge in [0.25, 0.3) is 15.9 Å². The maximum absolute atomic E-state index is 12.4. The number of anilines is 2. The molecule has 0 radical (unpaired) electrons. The van der Waals surface area contributed by atoms with Crippen molar-refractivity contribution in [1.29, 1.82) is 0 Å². The average molecular weight is 401 g/mol. The van der Waals surface area contributed by atoms with Crippen LogP contribution in [0.25, 0.3) is 0 Å². The zero-order valence-corrected chi connectivity index (χ0v) is 16.0. The Morgan fingerprint density at radius 1 is 0.889 bits per heavy atom. The molecule has 0 aromatic heterocycles. The number of aryl methyl sites for hydroxylation is 1. The molecule has 0 aliphatic rings. The fourth-order valence-electron chi connectivity index (χ4n) is 2.45. The number of benzene rings is 3. The highest BCUT2D eigenvalue weighted by atomic mass is 35.5. The van der Waals surface area contributed by atoms with Crippen LogP contribution in [-0.4, -0.2) is 14.3 Å². The van der Waals surface area contributed by atoms with E-state index >= 15 is 0 Å². The number of amides is 1. The molecule has 3 aromatic rings. The first-order chi connectivity index (χ1) is 12.9. The number of para-hydroxylation sites is 1. The molecule has 0 aliphatic carbocycles. The van der Waals surface area contributed by atoms with E-state index in [2.05, 4.69) is 10.0 Å². The van der Waals surface area contributed by atoms with Crippen LogP contribution in [0, 0.1) is 6.92 Å². The number of carbonyl (C=O) groups is 1. The van der Waals surface area contributed by atoms with E-state index in [0.717, 1.165) is 5.56 Å². The van der Waals surface area contributed by atoms with Gasteiger partial charge in [-0.05, 0) is 48.9 Å². The third kappa shape index (κ3) is 4.48. The first-order valence-electron chi connectivity index (χ1n) is 8.11. The molecule has 2 N–H and O–H groups in total. The maximum atomic E-state index is 12.4. The molecule has 3 rings (SSSR count). The first kappa shape index (κ1) is 18.9. The summed E-state index contributed by atoms with van der Waals surface area (Å²) in [5, 5.41) is 2.94. The lowest BCUT2D eigenvalue weighted by molar-refractivity contribution is 0.102. The standard InChI is InChI=1S/C20H17ClN2O3S/c1-14-7-5-6-10-18(14)22-20(24)15-11-12-19(17(21)13-15)23-27(25,26)16-8-3-2-4-9-16/h2-13,23H,1H3,(H,22,24). The van der Waals surface area contributed by atoms with E-state index in [4.69, 9.17) is 11.6 Å². The molecule has 0 saturated heterocycles. The molecule has 0 bridgehead atoms. The van der Waals surface area contributed by atoms with Crippen LogP contribution >= 0.6 is 11.6 Å². The minimum absolute atomic E-state index is 0.127. The predicted octanol–water partition coefficient (Wildman–Crippen LogP) is 4.70. The highest BCUT2D eigenvalue weighted by molar-refractivity contribution is 7.92. The van der Waals surface area contributed by atoms with Gasteiger partial charge in [-0.15, -0.1) is 0 Å². The summed E-state index contributed by atoms with van der Waals surface area (Å²) in [6.45, 7) is 1.89. The molecule has 27 heavy (non-hydrogen) atoms. The van der Waals surface area contributed by atoms with Gasteiger partial charge in [0.15, 0.2) is 0 Å². The number of carbonyl (C=O) groups excluding carboxylic acids is 1. The Bertz CT molecular complexity index is 1080. The predicted molar refractivity (Wildman–Crippen MR) is 108 cm³/mol. The molecule has 138 valence electrons. The summed E-state index contributed by atoms with van der Waals surface area (Å²) in [4.78, 5) is 12.6. The molecule has 0 unspecified atom stereocenters. The van der Waals surface area contributed by atoms with Gasteiger partial charge in [0.1, 0.15) is 0 Å². The van der Waals surface area contributed by atoms with Gasteiger partial charge in [-0.2, -0.15) is 0 Å². The summed E-state index contributed by atoms with van der Waals surface area (Å²) in [7, 11) is -3.76. The van der Waals surface area contributed by atoms with Crippen molar-refractivity contribution in [3.05, 3.63) is 88.9 Å². The molecule has 0 atom stereocenters. The summed E-state index contributed by atoms with van der Waals surface area (Å²) in [6.07, 6.45) is 0. The van der Waals surface area contributed by atoms with E-state index in [0.29, 0.717) is 11.3 Å². The van der Waals surface area contributed by atoms with Crippen molar-refractivity contribution in [2.75, 3.05) is 10.0 Å². The maximum Gasteiger partial charge on any atom is 0.261 e. The van der Waals surface area contributed by atoms with Crippen LogP contribution in [0.15, 0.2) is 77.7 Å². The van der Waals surface area contributed by atoms with E-state index in [1.807, 2.05) is 25.1 Å². The van der Waals surface area contributed by atoms with Crippen molar-refractivity contribution in [2.45, 2.75) is 11.8 Å². The normalized spacial score (nSPS) is 11.0. The topological polar surface area (TPSA) is 75.3 Å². The van der Waals surface area contributed by atoms with Crippen molar-refractivity contribution < 1.29 is 13.2 Å². The molecule has 0 saturated carbocycles. The minimum atomic E-state index is -3.76. The van der Waals surface area contributed by atoms with Crippen LogP contribution in [0.4, 0.5) is 11.4 Å². The van der Waals surface area contributed by atoms with Crippen molar-refractivity contribution in [3.8, 4) is 0 Å². The number of halogens is 1.